The molecule has 24 heavy (non-hydrogen) atoms. The Labute approximate surface area is 146 Å². The quantitative estimate of drug-likeness (QED) is 0.503. The highest BCUT2D eigenvalue weighted by atomic mass is 32.1. The fourth-order valence-electron chi connectivity index (χ4n) is 2.76. The van der Waals surface area contributed by atoms with Crippen LogP contribution in [0.15, 0.2) is 65.6 Å². The monoisotopic (exact) mass is 340 g/mol. The maximum absolute atomic E-state index is 13.2. The molecule has 0 spiro atoms. The zero-order chi connectivity index (χ0) is 17.3. The summed E-state index contributed by atoms with van der Waals surface area (Å²) in [7, 11) is 0. The molecule has 0 atom stereocenters. The summed E-state index contributed by atoms with van der Waals surface area (Å²) >= 11 is 4.71. The van der Waals surface area contributed by atoms with Crippen molar-refractivity contribution < 1.29 is 8.78 Å². The summed E-state index contributed by atoms with van der Waals surface area (Å²) in [6.07, 6.45) is 0. The first-order valence-corrected chi connectivity index (χ1v) is 8.29. The van der Waals surface area contributed by atoms with Crippen LogP contribution in [0.25, 0.3) is 22.3 Å². The van der Waals surface area contributed by atoms with Crippen LogP contribution in [0.1, 0.15) is 25.3 Å². The van der Waals surface area contributed by atoms with E-state index >= 15 is 0 Å². The molecule has 3 aromatic rings. The first-order valence-electron chi connectivity index (χ1n) is 7.84. The second-order valence-corrected chi connectivity index (χ2v) is 6.58. The van der Waals surface area contributed by atoms with Gasteiger partial charge in [-0.1, -0.05) is 38.1 Å². The molecule has 3 rings (SSSR count). The molecule has 0 heterocycles. The van der Waals surface area contributed by atoms with Crippen LogP contribution in [-0.2, 0) is 0 Å². The summed E-state index contributed by atoms with van der Waals surface area (Å²) in [5, 5.41) is 0. The Balaban J connectivity index is 2.20. The minimum Gasteiger partial charge on any atom is -0.207 e. The number of hydrogen-bond donors (Lipinski definition) is 1. The first-order chi connectivity index (χ1) is 11.5. The van der Waals surface area contributed by atoms with Crippen molar-refractivity contribution in [2.45, 2.75) is 24.7 Å². The lowest BCUT2D eigenvalue weighted by Crippen LogP contribution is -1.95. The van der Waals surface area contributed by atoms with Crippen LogP contribution in [0.5, 0.6) is 0 Å². The van der Waals surface area contributed by atoms with E-state index in [0.717, 1.165) is 32.7 Å². The van der Waals surface area contributed by atoms with Crippen LogP contribution in [0.3, 0.4) is 0 Å². The van der Waals surface area contributed by atoms with Crippen LogP contribution in [0, 0.1) is 11.6 Å². The van der Waals surface area contributed by atoms with E-state index in [1.807, 2.05) is 6.07 Å². The molecule has 0 amide bonds. The van der Waals surface area contributed by atoms with E-state index in [2.05, 4.69) is 19.9 Å². The summed E-state index contributed by atoms with van der Waals surface area (Å²) < 4.78 is 26.4. The Kier molecular flexibility index (Phi) is 4.72. The lowest BCUT2D eigenvalue weighted by molar-refractivity contribution is 0.627. The standard InChI is InChI=1S/C21H18F2S/c1-13(2)19-11-16(14-3-7-17(22)8-4-14)12-20(21(19)24)15-5-9-18(23)10-6-15/h3-13,24H,1-2H3. The second kappa shape index (κ2) is 6.78. The van der Waals surface area contributed by atoms with Crippen LogP contribution in [0.2, 0.25) is 0 Å². The van der Waals surface area contributed by atoms with Crippen molar-refractivity contribution in [3.63, 3.8) is 0 Å². The molecule has 0 saturated heterocycles. The fraction of sp³-hybridized carbons (Fsp3) is 0.143. The van der Waals surface area contributed by atoms with Gasteiger partial charge in [0, 0.05) is 4.90 Å². The predicted molar refractivity (Wildman–Crippen MR) is 98.6 cm³/mol. The van der Waals surface area contributed by atoms with E-state index in [9.17, 15) is 8.78 Å². The molecule has 0 aromatic heterocycles. The molecule has 0 fully saturated rings. The zero-order valence-corrected chi connectivity index (χ0v) is 14.4. The van der Waals surface area contributed by atoms with Crippen LogP contribution in [0.4, 0.5) is 8.78 Å². The van der Waals surface area contributed by atoms with Gasteiger partial charge in [-0.25, -0.2) is 8.78 Å². The van der Waals surface area contributed by atoms with Gasteiger partial charge < -0.3 is 0 Å². The zero-order valence-electron chi connectivity index (χ0n) is 13.6. The average molecular weight is 340 g/mol. The molecule has 0 N–H and O–H groups in total. The summed E-state index contributed by atoms with van der Waals surface area (Å²) in [6.45, 7) is 4.22. The largest absolute Gasteiger partial charge is 0.207 e. The van der Waals surface area contributed by atoms with Gasteiger partial charge in [0.1, 0.15) is 11.6 Å². The van der Waals surface area contributed by atoms with E-state index < -0.39 is 0 Å². The molecule has 0 radical (unpaired) electrons. The summed E-state index contributed by atoms with van der Waals surface area (Å²) in [4.78, 5) is 0.891. The molecule has 0 bridgehead atoms. The maximum atomic E-state index is 13.2. The predicted octanol–water partition coefficient (Wildman–Crippen LogP) is 6.71. The highest BCUT2D eigenvalue weighted by Gasteiger charge is 2.13. The third-order valence-corrected chi connectivity index (χ3v) is 4.59. The highest BCUT2D eigenvalue weighted by molar-refractivity contribution is 7.80. The van der Waals surface area contributed by atoms with Crippen molar-refractivity contribution in [3.05, 3.63) is 77.9 Å². The SMILES string of the molecule is CC(C)c1cc(-c2ccc(F)cc2)cc(-c2ccc(F)cc2)c1S. The van der Waals surface area contributed by atoms with E-state index in [0.29, 0.717) is 0 Å². The molecule has 0 nitrogen and oxygen atoms in total. The molecular formula is C21H18F2S. The Hall–Kier alpha value is -2.13. The molecule has 0 aliphatic rings. The van der Waals surface area contributed by atoms with Crippen molar-refractivity contribution in [2.24, 2.45) is 0 Å². The Morgan fingerprint density at radius 3 is 1.71 bits per heavy atom. The van der Waals surface area contributed by atoms with Crippen molar-refractivity contribution >= 4 is 12.6 Å². The lowest BCUT2D eigenvalue weighted by atomic mass is 9.92. The normalized spacial score (nSPS) is 11.1. The van der Waals surface area contributed by atoms with Crippen LogP contribution in [-0.4, -0.2) is 0 Å². The number of halogens is 2. The van der Waals surface area contributed by atoms with Crippen LogP contribution >= 0.6 is 12.6 Å². The number of thiol groups is 1. The minimum atomic E-state index is -0.266. The third kappa shape index (κ3) is 3.36. The molecule has 0 unspecified atom stereocenters. The second-order valence-electron chi connectivity index (χ2n) is 6.13. The van der Waals surface area contributed by atoms with Crippen LogP contribution < -0.4 is 0 Å². The summed E-state index contributed by atoms with van der Waals surface area (Å²) in [5.74, 6) is -0.234. The van der Waals surface area contributed by atoms with Gasteiger partial charge in [-0.05, 0) is 70.1 Å². The van der Waals surface area contributed by atoms with Crippen molar-refractivity contribution in [1.82, 2.24) is 0 Å². The van der Waals surface area contributed by atoms with Gasteiger partial charge in [-0.15, -0.1) is 12.6 Å². The van der Waals surface area contributed by atoms with E-state index in [-0.39, 0.29) is 17.6 Å². The molecule has 122 valence electrons. The summed E-state index contributed by atoms with van der Waals surface area (Å²) in [5.41, 5.74) is 4.90. The maximum Gasteiger partial charge on any atom is 0.123 e. The van der Waals surface area contributed by atoms with E-state index in [1.54, 1.807) is 24.3 Å². The Bertz CT molecular complexity index is 850. The molecule has 3 aromatic carbocycles. The first kappa shape index (κ1) is 16.7. The number of rotatable bonds is 3. The Morgan fingerprint density at radius 1 is 0.708 bits per heavy atom. The Morgan fingerprint density at radius 2 is 1.21 bits per heavy atom. The van der Waals surface area contributed by atoms with E-state index in [4.69, 9.17) is 12.6 Å². The van der Waals surface area contributed by atoms with Gasteiger partial charge in [-0.3, -0.25) is 0 Å². The fourth-order valence-corrected chi connectivity index (χ4v) is 3.27. The van der Waals surface area contributed by atoms with Crippen molar-refractivity contribution in [3.8, 4) is 22.3 Å². The highest BCUT2D eigenvalue weighted by Crippen LogP contribution is 2.37. The van der Waals surface area contributed by atoms with Crippen molar-refractivity contribution in [1.29, 1.82) is 0 Å². The average Bonchev–Trinajstić information content (AvgIpc) is 2.56. The smallest absolute Gasteiger partial charge is 0.123 e. The third-order valence-electron chi connectivity index (χ3n) is 4.09. The van der Waals surface area contributed by atoms with E-state index in [1.165, 1.54) is 24.3 Å². The molecule has 3 heteroatoms. The van der Waals surface area contributed by atoms with Gasteiger partial charge in [0.15, 0.2) is 0 Å². The lowest BCUT2D eigenvalue weighted by Gasteiger charge is -2.17. The molecule has 0 aliphatic heterocycles. The summed E-state index contributed by atoms with van der Waals surface area (Å²) in [6, 6.07) is 17.0. The number of benzene rings is 3. The molecule has 0 aliphatic carbocycles. The topological polar surface area (TPSA) is 0 Å². The van der Waals surface area contributed by atoms with Gasteiger partial charge in [0.05, 0.1) is 0 Å². The number of hydrogen-bond acceptors (Lipinski definition) is 1. The van der Waals surface area contributed by atoms with Gasteiger partial charge in [-0.2, -0.15) is 0 Å². The van der Waals surface area contributed by atoms with Gasteiger partial charge >= 0.3 is 0 Å². The minimum absolute atomic E-state index is 0.257. The van der Waals surface area contributed by atoms with Gasteiger partial charge in [0.25, 0.3) is 0 Å². The molecule has 0 saturated carbocycles. The van der Waals surface area contributed by atoms with Gasteiger partial charge in [0.2, 0.25) is 0 Å². The van der Waals surface area contributed by atoms with Crippen molar-refractivity contribution in [2.75, 3.05) is 0 Å². The molecular weight excluding hydrogens is 322 g/mol.